The van der Waals surface area contributed by atoms with E-state index >= 15 is 0 Å². The fraction of sp³-hybridized carbons (Fsp3) is 0.435. The third-order valence-corrected chi connectivity index (χ3v) is 6.69. The maximum absolute atomic E-state index is 13.3. The predicted octanol–water partition coefficient (Wildman–Crippen LogP) is 5.19. The molecule has 1 aliphatic rings. The van der Waals surface area contributed by atoms with Crippen LogP contribution in [0.25, 0.3) is 17.3 Å². The van der Waals surface area contributed by atoms with Gasteiger partial charge in [0.1, 0.15) is 0 Å². The summed E-state index contributed by atoms with van der Waals surface area (Å²) in [6, 6.07) is 14.0. The number of hydrogen-bond acceptors (Lipinski definition) is 5. The molecule has 0 N–H and O–H groups in total. The number of hydrogen-bond donors (Lipinski definition) is 0. The van der Waals surface area contributed by atoms with Crippen molar-refractivity contribution in [2.45, 2.75) is 62.4 Å². The van der Waals surface area contributed by atoms with Gasteiger partial charge in [-0.05, 0) is 51.0 Å². The molecule has 3 aromatic rings. The number of amides is 1. The Morgan fingerprint density at radius 1 is 1.17 bits per heavy atom. The Balaban J connectivity index is 1.60. The van der Waals surface area contributed by atoms with Crippen molar-refractivity contribution < 1.29 is 9.21 Å². The molecule has 4 rings (SSSR count). The number of nitrogens with zero attached hydrogens (tertiary/aromatic N) is 4. The lowest BCUT2D eigenvalue weighted by Gasteiger charge is -2.35. The summed E-state index contributed by atoms with van der Waals surface area (Å²) in [6.45, 7) is 4.79. The van der Waals surface area contributed by atoms with Crippen LogP contribution in [-0.2, 0) is 4.79 Å². The molecule has 158 valence electrons. The number of para-hydroxylation sites is 1. The quantitative estimate of drug-likeness (QED) is 0.489. The van der Waals surface area contributed by atoms with Gasteiger partial charge in [-0.2, -0.15) is 0 Å². The molecule has 30 heavy (non-hydrogen) atoms. The van der Waals surface area contributed by atoms with Crippen LogP contribution in [0, 0.1) is 0 Å². The first-order chi connectivity index (χ1) is 14.7. The zero-order valence-corrected chi connectivity index (χ0v) is 18.3. The highest BCUT2D eigenvalue weighted by Gasteiger charge is 2.29. The molecule has 0 radical (unpaired) electrons. The third-order valence-electron chi connectivity index (χ3n) is 5.66. The van der Waals surface area contributed by atoms with Gasteiger partial charge in [-0.25, -0.2) is 0 Å². The highest BCUT2D eigenvalue weighted by molar-refractivity contribution is 8.00. The molecule has 1 aromatic carbocycles. The molecule has 0 spiro atoms. The second-order valence-corrected chi connectivity index (χ2v) is 8.94. The molecule has 1 atom stereocenters. The minimum atomic E-state index is -0.247. The van der Waals surface area contributed by atoms with Crippen LogP contribution in [0.3, 0.4) is 0 Å². The van der Waals surface area contributed by atoms with Crippen molar-refractivity contribution in [2.75, 3.05) is 6.54 Å². The smallest absolute Gasteiger partial charge is 0.236 e. The average Bonchev–Trinajstić information content (AvgIpc) is 3.45. The Morgan fingerprint density at radius 2 is 1.93 bits per heavy atom. The van der Waals surface area contributed by atoms with Gasteiger partial charge in [0.25, 0.3) is 0 Å². The molecular formula is C23H28N4O2S. The van der Waals surface area contributed by atoms with Gasteiger partial charge in [-0.15, -0.1) is 10.2 Å². The molecule has 2 heterocycles. The van der Waals surface area contributed by atoms with Crippen molar-refractivity contribution in [1.29, 1.82) is 0 Å². The minimum absolute atomic E-state index is 0.177. The van der Waals surface area contributed by atoms with Crippen molar-refractivity contribution in [2.24, 2.45) is 0 Å². The van der Waals surface area contributed by atoms with Crippen LogP contribution >= 0.6 is 11.8 Å². The normalized spacial score (nSPS) is 15.8. The summed E-state index contributed by atoms with van der Waals surface area (Å²) in [7, 11) is 0. The molecule has 0 bridgehead atoms. The van der Waals surface area contributed by atoms with Crippen LogP contribution < -0.4 is 0 Å². The van der Waals surface area contributed by atoms with Crippen molar-refractivity contribution in [3.63, 3.8) is 0 Å². The second-order valence-electron chi connectivity index (χ2n) is 7.63. The maximum Gasteiger partial charge on any atom is 0.236 e. The highest BCUT2D eigenvalue weighted by atomic mass is 32.2. The number of benzene rings is 1. The molecule has 0 aliphatic heterocycles. The van der Waals surface area contributed by atoms with Gasteiger partial charge in [0.05, 0.1) is 11.5 Å². The number of furan rings is 1. The van der Waals surface area contributed by atoms with Crippen LogP contribution in [0.1, 0.15) is 46.0 Å². The van der Waals surface area contributed by atoms with Crippen LogP contribution in [0.5, 0.6) is 0 Å². The number of thioether (sulfide) groups is 1. The standard InChI is InChI=1S/C23H28N4O2S/c1-3-26(18-11-6-4-7-12-18)22(28)17(2)30-23-25-24-21(20-15-10-16-29-20)27(23)19-13-8-5-9-14-19/h5,8-10,13-18H,3-4,6-7,11-12H2,1-2H3. The highest BCUT2D eigenvalue weighted by Crippen LogP contribution is 2.32. The zero-order valence-electron chi connectivity index (χ0n) is 17.5. The van der Waals surface area contributed by atoms with E-state index in [-0.39, 0.29) is 11.2 Å². The summed E-state index contributed by atoms with van der Waals surface area (Å²) >= 11 is 1.46. The van der Waals surface area contributed by atoms with Gasteiger partial charge in [0.2, 0.25) is 11.7 Å². The van der Waals surface area contributed by atoms with Gasteiger partial charge in [0, 0.05) is 18.3 Å². The fourth-order valence-electron chi connectivity index (χ4n) is 4.15. The number of aromatic nitrogens is 3. The number of carbonyl (C=O) groups is 1. The molecular weight excluding hydrogens is 396 g/mol. The first-order valence-corrected chi connectivity index (χ1v) is 11.6. The van der Waals surface area contributed by atoms with Crippen LogP contribution in [0.4, 0.5) is 0 Å². The van der Waals surface area contributed by atoms with E-state index in [1.54, 1.807) is 6.26 Å². The van der Waals surface area contributed by atoms with E-state index in [9.17, 15) is 4.79 Å². The van der Waals surface area contributed by atoms with Crippen LogP contribution in [-0.4, -0.2) is 43.4 Å². The summed E-state index contributed by atoms with van der Waals surface area (Å²) in [5.41, 5.74) is 0.940. The SMILES string of the molecule is CCN(C(=O)C(C)Sc1nnc(-c2ccco2)n1-c1ccccc1)C1CCCCC1. The molecule has 7 heteroatoms. The van der Waals surface area contributed by atoms with E-state index in [1.165, 1.54) is 31.0 Å². The van der Waals surface area contributed by atoms with E-state index < -0.39 is 0 Å². The minimum Gasteiger partial charge on any atom is -0.461 e. The third kappa shape index (κ3) is 4.31. The molecule has 1 unspecified atom stereocenters. The molecule has 6 nitrogen and oxygen atoms in total. The first-order valence-electron chi connectivity index (χ1n) is 10.7. The Morgan fingerprint density at radius 3 is 2.60 bits per heavy atom. The molecule has 2 aromatic heterocycles. The van der Waals surface area contributed by atoms with Crippen LogP contribution in [0.15, 0.2) is 58.3 Å². The summed E-state index contributed by atoms with van der Waals surface area (Å²) < 4.78 is 7.54. The molecule has 1 fully saturated rings. The van der Waals surface area contributed by atoms with Gasteiger partial charge in [0.15, 0.2) is 10.9 Å². The van der Waals surface area contributed by atoms with Crippen molar-refractivity contribution in [3.05, 3.63) is 48.7 Å². The van der Waals surface area contributed by atoms with Gasteiger partial charge < -0.3 is 9.32 Å². The first kappa shape index (κ1) is 20.7. The van der Waals surface area contributed by atoms with Crippen molar-refractivity contribution in [1.82, 2.24) is 19.7 Å². The summed E-state index contributed by atoms with van der Waals surface area (Å²) in [4.78, 5) is 15.4. The van der Waals surface area contributed by atoms with Gasteiger partial charge >= 0.3 is 0 Å². The number of rotatable bonds is 7. The van der Waals surface area contributed by atoms with Crippen molar-refractivity contribution >= 4 is 17.7 Å². The topological polar surface area (TPSA) is 64.2 Å². The Kier molecular flexibility index (Phi) is 6.57. The molecule has 1 aliphatic carbocycles. The lowest BCUT2D eigenvalue weighted by Crippen LogP contribution is -2.44. The van der Waals surface area contributed by atoms with E-state index in [2.05, 4.69) is 22.0 Å². The summed E-state index contributed by atoms with van der Waals surface area (Å²) in [5.74, 6) is 1.46. The van der Waals surface area contributed by atoms with E-state index in [0.29, 0.717) is 22.8 Å². The summed E-state index contributed by atoms with van der Waals surface area (Å²) in [5, 5.41) is 9.23. The maximum atomic E-state index is 13.3. The monoisotopic (exact) mass is 424 g/mol. The van der Waals surface area contributed by atoms with Crippen molar-refractivity contribution in [3.8, 4) is 17.3 Å². The Hall–Kier alpha value is -2.54. The second kappa shape index (κ2) is 9.51. The van der Waals surface area contributed by atoms with Crippen LogP contribution in [0.2, 0.25) is 0 Å². The average molecular weight is 425 g/mol. The van der Waals surface area contributed by atoms with E-state index in [1.807, 2.05) is 54.0 Å². The number of carbonyl (C=O) groups excluding carboxylic acids is 1. The molecule has 1 amide bonds. The van der Waals surface area contributed by atoms with Gasteiger partial charge in [-0.1, -0.05) is 49.2 Å². The Labute approximate surface area is 181 Å². The molecule has 1 saturated carbocycles. The lowest BCUT2D eigenvalue weighted by molar-refractivity contribution is -0.133. The van der Waals surface area contributed by atoms with Gasteiger partial charge in [-0.3, -0.25) is 9.36 Å². The summed E-state index contributed by atoms with van der Waals surface area (Å²) in [6.07, 6.45) is 7.55. The Bertz CT molecular complexity index is 949. The fourth-order valence-corrected chi connectivity index (χ4v) is 5.09. The largest absolute Gasteiger partial charge is 0.461 e. The molecule has 0 saturated heterocycles. The predicted molar refractivity (Wildman–Crippen MR) is 119 cm³/mol. The lowest BCUT2D eigenvalue weighted by atomic mass is 9.94. The zero-order chi connectivity index (χ0) is 20.9. The van der Waals surface area contributed by atoms with E-state index in [4.69, 9.17) is 4.42 Å². The van der Waals surface area contributed by atoms with E-state index in [0.717, 1.165) is 25.1 Å².